The average Bonchev–Trinajstić information content (AvgIpc) is 2.92. The molecule has 0 atom stereocenters. The molecular formula is C26H17Cl5N2O5. The number of nitrogens with zero attached hydrogens (tertiary/aromatic N) is 2. The van der Waals surface area contributed by atoms with E-state index in [0.29, 0.717) is 22.5 Å². The van der Waals surface area contributed by atoms with E-state index in [4.69, 9.17) is 73.3 Å². The highest BCUT2D eigenvalue weighted by Crippen LogP contribution is 2.34. The van der Waals surface area contributed by atoms with Gasteiger partial charge in [-0.1, -0.05) is 94.9 Å². The first-order valence-corrected chi connectivity index (χ1v) is 12.5. The van der Waals surface area contributed by atoms with E-state index in [2.05, 4.69) is 9.97 Å². The van der Waals surface area contributed by atoms with E-state index in [-0.39, 0.29) is 44.7 Å². The number of hydrogen-bond donors (Lipinski definition) is 3. The molecule has 7 nitrogen and oxygen atoms in total. The Balaban J connectivity index is 0.000000211. The Kier molecular flexibility index (Phi) is 10.5. The van der Waals surface area contributed by atoms with Gasteiger partial charge in [0.15, 0.2) is 0 Å². The van der Waals surface area contributed by atoms with Crippen LogP contribution in [0.4, 0.5) is 0 Å². The van der Waals surface area contributed by atoms with Gasteiger partial charge in [-0.3, -0.25) is 4.79 Å². The molecule has 0 aliphatic heterocycles. The molecular weight excluding hydrogens is 598 g/mol. The molecule has 196 valence electrons. The van der Waals surface area contributed by atoms with Crippen LogP contribution < -0.4 is 0 Å². The lowest BCUT2D eigenvalue weighted by molar-refractivity contribution is 0.0690. The number of hydrogen-bond acceptors (Lipinski definition) is 6. The summed E-state index contributed by atoms with van der Waals surface area (Å²) in [6.07, 6.45) is 0. The van der Waals surface area contributed by atoms with Gasteiger partial charge in [0.05, 0.1) is 44.7 Å². The standard InChI is InChI=1S/C13H8Cl3NO2.C13H9Cl2NO3/c14-9-5-10(13(16)19)17-12(11(9)15)8-3-1-7(6-18)2-4-8;14-9-5-10(13(18)19)16-12(11(9)15)8-3-1-7(6-17)2-4-8/h1-5,18H,6H2;1-5,17H,6H2,(H,18,19). The Bertz CT molecular complexity index is 1370. The highest BCUT2D eigenvalue weighted by Gasteiger charge is 2.16. The minimum atomic E-state index is -1.17. The molecule has 2 heterocycles. The van der Waals surface area contributed by atoms with Crippen LogP contribution >= 0.6 is 58.0 Å². The molecule has 0 saturated heterocycles. The number of carbonyl (C=O) groups is 2. The second-order valence-electron chi connectivity index (χ2n) is 7.59. The number of pyridine rings is 2. The summed E-state index contributed by atoms with van der Waals surface area (Å²) < 4.78 is 0. The van der Waals surface area contributed by atoms with E-state index < -0.39 is 11.2 Å². The minimum absolute atomic E-state index is 0.0392. The Labute approximate surface area is 242 Å². The first kappa shape index (κ1) is 29.8. The fraction of sp³-hybridized carbons (Fsp3) is 0.0769. The lowest BCUT2D eigenvalue weighted by Gasteiger charge is -2.07. The van der Waals surface area contributed by atoms with Crippen LogP contribution in [0.15, 0.2) is 60.7 Å². The molecule has 3 N–H and O–H groups in total. The highest BCUT2D eigenvalue weighted by atomic mass is 35.5. The van der Waals surface area contributed by atoms with Crippen molar-refractivity contribution in [1.29, 1.82) is 0 Å². The van der Waals surface area contributed by atoms with Gasteiger partial charge in [0.2, 0.25) is 0 Å². The molecule has 0 aliphatic carbocycles. The van der Waals surface area contributed by atoms with Crippen LogP contribution in [0.25, 0.3) is 22.5 Å². The van der Waals surface area contributed by atoms with Crippen molar-refractivity contribution in [2.75, 3.05) is 0 Å². The minimum Gasteiger partial charge on any atom is -0.477 e. The molecule has 2 aromatic carbocycles. The summed E-state index contributed by atoms with van der Waals surface area (Å²) in [7, 11) is 0. The van der Waals surface area contributed by atoms with Crippen molar-refractivity contribution in [2.24, 2.45) is 0 Å². The first-order valence-electron chi connectivity index (χ1n) is 10.6. The van der Waals surface area contributed by atoms with Crippen LogP contribution in [0.2, 0.25) is 20.1 Å². The molecule has 0 radical (unpaired) electrons. The van der Waals surface area contributed by atoms with Crippen molar-refractivity contribution >= 4 is 69.2 Å². The molecule has 12 heteroatoms. The van der Waals surface area contributed by atoms with Gasteiger partial charge < -0.3 is 15.3 Å². The van der Waals surface area contributed by atoms with Gasteiger partial charge in [-0.25, -0.2) is 14.8 Å². The number of benzene rings is 2. The molecule has 2 aromatic heterocycles. The average molecular weight is 615 g/mol. The number of aliphatic hydroxyl groups is 2. The van der Waals surface area contributed by atoms with Crippen molar-refractivity contribution < 1.29 is 24.9 Å². The lowest BCUT2D eigenvalue weighted by Crippen LogP contribution is -2.02. The van der Waals surface area contributed by atoms with Crippen molar-refractivity contribution in [3.63, 3.8) is 0 Å². The van der Waals surface area contributed by atoms with Gasteiger partial charge in [-0.2, -0.15) is 0 Å². The third-order valence-electron chi connectivity index (χ3n) is 5.07. The topological polar surface area (TPSA) is 121 Å². The summed E-state index contributed by atoms with van der Waals surface area (Å²) in [6.45, 7) is -0.125. The fourth-order valence-electron chi connectivity index (χ4n) is 3.13. The van der Waals surface area contributed by atoms with Crippen LogP contribution in [0.1, 0.15) is 32.1 Å². The van der Waals surface area contributed by atoms with Gasteiger partial charge in [-0.15, -0.1) is 0 Å². The number of carboxylic acids is 1. The van der Waals surface area contributed by atoms with Crippen LogP contribution in [-0.4, -0.2) is 36.5 Å². The predicted octanol–water partition coefficient (Wildman–Crippen LogP) is 7.17. The van der Waals surface area contributed by atoms with E-state index in [1.807, 2.05) is 0 Å². The molecule has 0 bridgehead atoms. The summed E-state index contributed by atoms with van der Waals surface area (Å²) in [5, 5.41) is 27.0. The molecule has 0 saturated carbocycles. The third kappa shape index (κ3) is 7.21. The normalized spacial score (nSPS) is 10.5. The van der Waals surface area contributed by atoms with Gasteiger partial charge in [-0.05, 0) is 34.9 Å². The summed E-state index contributed by atoms with van der Waals surface area (Å²) in [5.41, 5.74) is 3.36. The van der Waals surface area contributed by atoms with Crippen LogP contribution in [0.5, 0.6) is 0 Å². The predicted molar refractivity (Wildman–Crippen MR) is 148 cm³/mol. The van der Waals surface area contributed by atoms with Crippen molar-refractivity contribution in [1.82, 2.24) is 9.97 Å². The van der Waals surface area contributed by atoms with Gasteiger partial charge >= 0.3 is 5.97 Å². The third-order valence-corrected chi connectivity index (χ3v) is 6.82. The maximum absolute atomic E-state index is 11.2. The zero-order valence-corrected chi connectivity index (χ0v) is 22.9. The lowest BCUT2D eigenvalue weighted by atomic mass is 10.1. The van der Waals surface area contributed by atoms with Gasteiger partial charge in [0, 0.05) is 11.1 Å². The number of carbonyl (C=O) groups excluding carboxylic acids is 1. The van der Waals surface area contributed by atoms with E-state index in [1.54, 1.807) is 48.5 Å². The smallest absolute Gasteiger partial charge is 0.354 e. The Morgan fingerprint density at radius 3 is 1.37 bits per heavy atom. The number of halogens is 5. The number of carboxylic acid groups (broad SMARTS) is 1. The van der Waals surface area contributed by atoms with E-state index in [1.165, 1.54) is 12.1 Å². The quantitative estimate of drug-likeness (QED) is 0.197. The zero-order valence-electron chi connectivity index (χ0n) is 19.1. The SMILES string of the molecule is O=C(Cl)c1cc(Cl)c(Cl)c(-c2ccc(CO)cc2)n1.O=C(O)c1cc(Cl)c(Cl)c(-c2ccc(CO)cc2)n1. The number of aromatic carboxylic acids is 1. The maximum atomic E-state index is 11.2. The number of rotatable bonds is 6. The van der Waals surface area contributed by atoms with E-state index in [9.17, 15) is 9.59 Å². The zero-order chi connectivity index (χ0) is 28.0. The molecule has 0 fully saturated rings. The Hall–Kier alpha value is -2.75. The first-order chi connectivity index (χ1) is 18.0. The molecule has 0 aliphatic rings. The Morgan fingerprint density at radius 2 is 1.03 bits per heavy atom. The van der Waals surface area contributed by atoms with Crippen molar-refractivity contribution in [2.45, 2.75) is 13.2 Å². The fourth-order valence-corrected chi connectivity index (χ4v) is 4.02. The Morgan fingerprint density at radius 1 is 0.658 bits per heavy atom. The summed E-state index contributed by atoms with van der Waals surface area (Å²) >= 11 is 29.4. The van der Waals surface area contributed by atoms with Gasteiger partial charge in [0.1, 0.15) is 11.4 Å². The molecule has 0 unspecified atom stereocenters. The molecule has 0 spiro atoms. The summed E-state index contributed by atoms with van der Waals surface area (Å²) in [4.78, 5) is 30.2. The monoisotopic (exact) mass is 612 g/mol. The van der Waals surface area contributed by atoms with Crippen molar-refractivity contribution in [3.8, 4) is 22.5 Å². The number of aliphatic hydroxyl groups excluding tert-OH is 2. The van der Waals surface area contributed by atoms with Crippen LogP contribution in [0.3, 0.4) is 0 Å². The van der Waals surface area contributed by atoms with E-state index >= 15 is 0 Å². The van der Waals surface area contributed by atoms with E-state index in [0.717, 1.165) is 11.1 Å². The largest absolute Gasteiger partial charge is 0.477 e. The summed E-state index contributed by atoms with van der Waals surface area (Å²) in [6, 6.07) is 16.3. The summed E-state index contributed by atoms with van der Waals surface area (Å²) in [5.74, 6) is -1.17. The van der Waals surface area contributed by atoms with Crippen LogP contribution in [0, 0.1) is 0 Å². The molecule has 38 heavy (non-hydrogen) atoms. The highest BCUT2D eigenvalue weighted by molar-refractivity contribution is 6.67. The molecule has 0 amide bonds. The maximum Gasteiger partial charge on any atom is 0.354 e. The van der Waals surface area contributed by atoms with Crippen molar-refractivity contribution in [3.05, 3.63) is 103 Å². The second-order valence-corrected chi connectivity index (χ2v) is 9.51. The molecule has 4 rings (SSSR count). The van der Waals surface area contributed by atoms with Gasteiger partial charge in [0.25, 0.3) is 5.24 Å². The van der Waals surface area contributed by atoms with Crippen LogP contribution in [-0.2, 0) is 13.2 Å². The molecule has 4 aromatic rings. The second kappa shape index (κ2) is 13.4. The number of aromatic nitrogens is 2.